The molecule has 13 atom stereocenters. The molecule has 40 nitrogen and oxygen atoms in total. The second kappa shape index (κ2) is 47.2. The average molecular weight is 1710 g/mol. The number of hydrogen-bond acceptors (Lipinski definition) is 21. The zero-order chi connectivity index (χ0) is 90.3. The number of likely N-dealkylation sites (tertiary alicyclic amines) is 1. The Morgan fingerprint density at radius 1 is 0.488 bits per heavy atom. The van der Waals surface area contributed by atoms with Crippen molar-refractivity contribution >= 4 is 105 Å². The van der Waals surface area contributed by atoms with Gasteiger partial charge in [-0.25, -0.2) is 14.8 Å². The van der Waals surface area contributed by atoms with Crippen LogP contribution in [-0.4, -0.2) is 238 Å². The van der Waals surface area contributed by atoms with Gasteiger partial charge in [-0.1, -0.05) is 116 Å². The van der Waals surface area contributed by atoms with Crippen molar-refractivity contribution in [3.8, 4) is 5.75 Å². The average Bonchev–Trinajstić information content (AvgIpc) is 1.72. The van der Waals surface area contributed by atoms with E-state index >= 15 is 0 Å². The number of nitrogens with zero attached hydrogens (tertiary/aromatic N) is 3. The number of aromatic nitrogens is 5. The van der Waals surface area contributed by atoms with Crippen LogP contribution in [0.3, 0.4) is 0 Å². The maximum absolute atomic E-state index is 14.9. The van der Waals surface area contributed by atoms with Gasteiger partial charge in [0.1, 0.15) is 78.3 Å². The van der Waals surface area contributed by atoms with Crippen LogP contribution < -0.4 is 81.0 Å². The number of aliphatic hydroxyl groups excluding tert-OH is 1. The molecule has 1 saturated heterocycles. The van der Waals surface area contributed by atoms with Gasteiger partial charge in [-0.3, -0.25) is 71.9 Å². The lowest BCUT2D eigenvalue weighted by Gasteiger charge is -2.31. The molecule has 0 unspecified atom stereocenters. The van der Waals surface area contributed by atoms with Crippen LogP contribution in [-0.2, 0) is 109 Å². The number of phenols is 1. The maximum Gasteiger partial charge on any atom is 0.326 e. The third kappa shape index (κ3) is 30.8. The molecule has 0 aliphatic carbocycles. The van der Waals surface area contributed by atoms with Gasteiger partial charge in [-0.05, 0) is 97.1 Å². The smallest absolute Gasteiger partial charge is 0.326 e. The molecule has 3 aromatic heterocycles. The molecule has 4 heterocycles. The van der Waals surface area contributed by atoms with E-state index in [2.05, 4.69) is 88.7 Å². The number of phenolic OH excluding ortho intramolecular Hbond substituents is 1. The quantitative estimate of drug-likeness (QED) is 0.0189. The third-order valence-corrected chi connectivity index (χ3v) is 20.3. The van der Waals surface area contributed by atoms with Crippen molar-refractivity contribution in [1.29, 1.82) is 0 Å². The molecule has 666 valence electrons. The monoisotopic (exact) mass is 1710 g/mol. The topological polar surface area (TPSA) is 633 Å². The minimum Gasteiger partial charge on any atom is -0.508 e. The second-order valence-electron chi connectivity index (χ2n) is 32.2. The molecule has 6 aromatic rings. The number of primary amides is 2. The van der Waals surface area contributed by atoms with Crippen molar-refractivity contribution in [2.24, 2.45) is 40.9 Å². The van der Waals surface area contributed by atoms with Crippen molar-refractivity contribution in [1.82, 2.24) is 93.6 Å². The maximum atomic E-state index is 14.9. The second-order valence-corrected chi connectivity index (χ2v) is 32.2. The Morgan fingerprint density at radius 3 is 1.53 bits per heavy atom. The number of amides is 15. The number of carboxylic acid groups (broad SMARTS) is 1. The number of imidazole rings is 2. The van der Waals surface area contributed by atoms with Gasteiger partial charge in [-0.15, -0.1) is 0 Å². The fourth-order valence-electron chi connectivity index (χ4n) is 13.9. The van der Waals surface area contributed by atoms with Crippen LogP contribution in [0.15, 0.2) is 110 Å². The number of aromatic amines is 3. The number of benzene rings is 3. The zero-order valence-corrected chi connectivity index (χ0v) is 70.0. The summed E-state index contributed by atoms with van der Waals surface area (Å²) in [5.74, 6) is -16.6. The number of aliphatic hydroxyl groups is 1. The lowest BCUT2D eigenvalue weighted by molar-refractivity contribution is -0.143. The number of hydrogen-bond donors (Lipinski definition) is 21. The predicted octanol–water partition coefficient (Wildman–Crippen LogP) is -2.39. The van der Waals surface area contributed by atoms with E-state index < -0.39 is 211 Å². The summed E-state index contributed by atoms with van der Waals surface area (Å²) >= 11 is 0. The van der Waals surface area contributed by atoms with E-state index in [-0.39, 0.29) is 93.5 Å². The van der Waals surface area contributed by atoms with Gasteiger partial charge >= 0.3 is 5.97 Å². The fourth-order valence-corrected chi connectivity index (χ4v) is 13.9. The molecule has 0 radical (unpaired) electrons. The Labute approximate surface area is 710 Å². The van der Waals surface area contributed by atoms with Gasteiger partial charge < -0.3 is 116 Å². The molecule has 24 N–H and O–H groups in total. The number of nitrogens with one attached hydrogen (secondary N) is 15. The van der Waals surface area contributed by atoms with Crippen molar-refractivity contribution < 1.29 is 92.0 Å². The molecule has 123 heavy (non-hydrogen) atoms. The lowest BCUT2D eigenvalue weighted by atomic mass is 9.99. The Bertz CT molecular complexity index is 4620. The van der Waals surface area contributed by atoms with E-state index in [1.807, 2.05) is 13.8 Å². The number of aliphatic carboxylic acids is 1. The van der Waals surface area contributed by atoms with Crippen LogP contribution in [0.4, 0.5) is 0 Å². The van der Waals surface area contributed by atoms with E-state index in [4.69, 9.17) is 17.2 Å². The van der Waals surface area contributed by atoms with Gasteiger partial charge in [-0.2, -0.15) is 0 Å². The molecule has 15 amide bonds. The number of nitrogens with two attached hydrogens (primary N) is 3. The van der Waals surface area contributed by atoms with E-state index in [1.165, 1.54) is 54.2 Å². The number of fused-ring (bicyclic) bond motifs is 1. The van der Waals surface area contributed by atoms with Gasteiger partial charge in [0.25, 0.3) is 0 Å². The SMILES string of the molecule is CC(C)C[C@H](NC(=O)[C@H](Cc1c[nH]cn1)NC(=O)[C@H](CCC(N)=O)NC(=O)[C@@H]1CCCN1C(=O)[C@H](CC(C)C)NC(=O)[C@H](CC(N)=O)NC(=O)[C@H](Cc1c[nH]cn1)NC(=O)[C@@H](NC(=O)[C@@H](N)CC(C)C)C(C)C)C(=O)N[C@@H](Cc1ccccc1)C(=O)NCC(=O)N[C@@H](Cc1ccc(O)cc1)C(=O)N[C@@H](CO)C(=O)N[C@@H](Cc1c[nH]c2ccccc12)C(=O)O. The van der Waals surface area contributed by atoms with Crippen molar-refractivity contribution in [3.63, 3.8) is 0 Å². The van der Waals surface area contributed by atoms with Gasteiger partial charge in [0.15, 0.2) is 0 Å². The Morgan fingerprint density at radius 2 is 0.976 bits per heavy atom. The van der Waals surface area contributed by atoms with Crippen LogP contribution in [0.2, 0.25) is 0 Å². The Kier molecular flexibility index (Phi) is 37.2. The predicted molar refractivity (Wildman–Crippen MR) is 446 cm³/mol. The number of carbonyl (C=O) groups excluding carboxylic acids is 15. The summed E-state index contributed by atoms with van der Waals surface area (Å²) < 4.78 is 0. The van der Waals surface area contributed by atoms with Crippen molar-refractivity contribution in [3.05, 3.63) is 138 Å². The molecule has 0 spiro atoms. The molecule has 3 aromatic carbocycles. The molecule has 0 bridgehead atoms. The van der Waals surface area contributed by atoms with Crippen molar-refractivity contribution in [2.45, 2.75) is 217 Å². The highest BCUT2D eigenvalue weighted by atomic mass is 16.4. The van der Waals surface area contributed by atoms with Crippen molar-refractivity contribution in [2.75, 3.05) is 19.7 Å². The first-order valence-corrected chi connectivity index (χ1v) is 40.8. The summed E-state index contributed by atoms with van der Waals surface area (Å²) in [6.07, 6.45) is 4.52. The highest BCUT2D eigenvalue weighted by Gasteiger charge is 2.42. The molecular weight excluding hydrogens is 1600 g/mol. The number of rotatable bonds is 49. The zero-order valence-electron chi connectivity index (χ0n) is 70.0. The first-order chi connectivity index (χ1) is 58.4. The minimum atomic E-state index is -1.76. The third-order valence-electron chi connectivity index (χ3n) is 20.3. The highest BCUT2D eigenvalue weighted by Crippen LogP contribution is 2.24. The first kappa shape index (κ1) is 97.0. The number of para-hydroxylation sites is 1. The van der Waals surface area contributed by atoms with Crippen LogP contribution in [0.1, 0.15) is 135 Å². The molecular formula is C83H115N21O19. The molecule has 40 heteroatoms. The number of carbonyl (C=O) groups is 16. The molecule has 1 aliphatic heterocycles. The molecule has 1 aliphatic rings. The summed E-state index contributed by atoms with van der Waals surface area (Å²) in [7, 11) is 0. The summed E-state index contributed by atoms with van der Waals surface area (Å²) in [5.41, 5.74) is 20.1. The number of H-pyrrole nitrogens is 3. The summed E-state index contributed by atoms with van der Waals surface area (Å²) in [5, 5.41) is 62.1. The number of aromatic hydroxyl groups is 1. The van der Waals surface area contributed by atoms with Gasteiger partial charge in [0.05, 0.1) is 49.7 Å². The molecule has 0 saturated carbocycles. The molecule has 1 fully saturated rings. The summed E-state index contributed by atoms with van der Waals surface area (Å²) in [6.45, 7) is 12.1. The first-order valence-electron chi connectivity index (χ1n) is 40.8. The summed E-state index contributed by atoms with van der Waals surface area (Å²) in [6, 6.07) is 1.81. The van der Waals surface area contributed by atoms with E-state index in [9.17, 15) is 92.0 Å². The van der Waals surface area contributed by atoms with Crippen LogP contribution in [0.5, 0.6) is 5.75 Å². The van der Waals surface area contributed by atoms with E-state index in [0.717, 1.165) is 0 Å². The van der Waals surface area contributed by atoms with Crippen LogP contribution >= 0.6 is 0 Å². The van der Waals surface area contributed by atoms with Crippen LogP contribution in [0.25, 0.3) is 10.9 Å². The summed E-state index contributed by atoms with van der Waals surface area (Å²) in [4.78, 5) is 242. The Hall–Kier alpha value is -13.1. The standard InChI is InChI=1S/C83H115N21O19/c1-43(2)27-54(84)71(110)103-70(46(7)8)81(120)99-61(34-51-38-88-42-92-51)77(116)98-62(35-68(86)108)78(117)100-63(29-45(5)6)82(121)104-26-14-19-66(104)80(119)94-56(24-25-67(85)107)73(112)97-60(33-50-37-87-41-91-50)76(115)95-57(28-44(3)4)74(113)96-58(30-47-15-10-9-11-16-47)72(111)90-39-69(109)93-59(31-48-20-22-52(106)23-21-48)75(114)102-65(40-105)79(118)101-64(83(122)123)32-49-36-89-55-18-13-12-17-53(49)55/h9-13,15-18,20-23,36-38,41-46,54,56-66,70,89,105-106H,14,19,24-35,39-40,84H2,1-8H3,(H2,85,107)(H2,86,108)(H,87,91)(H,88,92)(H,90,111)(H,93,109)(H,94,119)(H,95,115)(H,96,113)(H,97,112)(H,98,116)(H,99,120)(H,100,117)(H,101,118)(H,102,114)(H,103,110)(H,122,123)/t54-,56-,57-,58-,59-,60-,61-,62-,63-,64-,65-,66-,70-/m0/s1. The molecule has 7 rings (SSSR count). The van der Waals surface area contributed by atoms with E-state index in [1.54, 1.807) is 102 Å². The normalized spacial score (nSPS) is 15.5. The Balaban J connectivity index is 1.05. The fraction of sp³-hybridized carbons (Fsp3) is 0.494. The minimum absolute atomic E-state index is 0.0167. The number of carboxylic acids is 1. The highest BCUT2D eigenvalue weighted by molar-refractivity contribution is 6.01. The van der Waals surface area contributed by atoms with Gasteiger partial charge in [0.2, 0.25) is 88.6 Å². The van der Waals surface area contributed by atoms with Crippen LogP contribution in [0, 0.1) is 23.7 Å². The largest absolute Gasteiger partial charge is 0.508 e. The lowest BCUT2D eigenvalue weighted by Crippen LogP contribution is -2.61. The van der Waals surface area contributed by atoms with E-state index in [0.29, 0.717) is 39.7 Å². The van der Waals surface area contributed by atoms with Gasteiger partial charge in [0, 0.05) is 74.6 Å².